The molecule has 1 N–H and O–H groups in total. The van der Waals surface area contributed by atoms with Gasteiger partial charge in [-0.15, -0.1) is 0 Å². The Hall–Kier alpha value is 0.940. The Balaban J connectivity index is 4.48. The van der Waals surface area contributed by atoms with Crippen LogP contribution in [-0.2, 0) is 18.1 Å². The van der Waals surface area contributed by atoms with Gasteiger partial charge in [-0.1, -0.05) is 34.8 Å². The standard InChI is InChI=1S/C6H12Cl3O5P/c1-3-12-15(11,13-4-2)14-5(10)6(7,8)9/h5,10H,3-4H2,1-2H3/t5-/m0/s1. The van der Waals surface area contributed by atoms with Crippen molar-refractivity contribution in [1.82, 2.24) is 0 Å². The molecule has 0 amide bonds. The van der Waals surface area contributed by atoms with Gasteiger partial charge in [0.25, 0.3) is 0 Å². The minimum atomic E-state index is -3.88. The fourth-order valence-corrected chi connectivity index (χ4v) is 2.15. The third kappa shape index (κ3) is 6.29. The highest BCUT2D eigenvalue weighted by Gasteiger charge is 2.39. The fourth-order valence-electron chi connectivity index (χ4n) is 0.596. The van der Waals surface area contributed by atoms with Gasteiger partial charge in [-0.25, -0.2) is 4.57 Å². The number of alkyl halides is 3. The summed E-state index contributed by atoms with van der Waals surface area (Å²) in [7, 11) is -3.88. The predicted molar refractivity (Wildman–Crippen MR) is 58.2 cm³/mol. The zero-order valence-electron chi connectivity index (χ0n) is 8.15. The van der Waals surface area contributed by atoms with E-state index in [1.165, 1.54) is 0 Å². The smallest absolute Gasteiger partial charge is 0.364 e. The molecule has 1 atom stereocenters. The highest BCUT2D eigenvalue weighted by Crippen LogP contribution is 2.52. The van der Waals surface area contributed by atoms with Crippen LogP contribution in [0.2, 0.25) is 0 Å². The van der Waals surface area contributed by atoms with Gasteiger partial charge in [0.1, 0.15) is 0 Å². The van der Waals surface area contributed by atoms with E-state index in [0.29, 0.717) is 0 Å². The molecular formula is C6H12Cl3O5P. The average Bonchev–Trinajstić information content (AvgIpc) is 2.02. The first-order valence-corrected chi connectivity index (χ1v) is 6.67. The molecule has 0 aliphatic heterocycles. The van der Waals surface area contributed by atoms with Gasteiger partial charge in [0.2, 0.25) is 10.1 Å². The first-order chi connectivity index (χ1) is 6.75. The Kier molecular flexibility index (Phi) is 7.04. The van der Waals surface area contributed by atoms with Crippen LogP contribution in [0.1, 0.15) is 13.8 Å². The third-order valence-corrected chi connectivity index (χ3v) is 3.25. The molecule has 0 bridgehead atoms. The molecule has 0 radical (unpaired) electrons. The second-order valence-corrected chi connectivity index (χ2v) is 6.27. The highest BCUT2D eigenvalue weighted by molar-refractivity contribution is 7.48. The maximum atomic E-state index is 11.7. The van der Waals surface area contributed by atoms with Crippen molar-refractivity contribution in [2.75, 3.05) is 13.2 Å². The fraction of sp³-hybridized carbons (Fsp3) is 1.00. The van der Waals surface area contributed by atoms with Gasteiger partial charge in [0.05, 0.1) is 13.2 Å². The summed E-state index contributed by atoms with van der Waals surface area (Å²) in [5.41, 5.74) is 0. The summed E-state index contributed by atoms with van der Waals surface area (Å²) in [6, 6.07) is 0. The lowest BCUT2D eigenvalue weighted by Gasteiger charge is -2.23. The summed E-state index contributed by atoms with van der Waals surface area (Å²) in [4.78, 5) is 0. The maximum absolute atomic E-state index is 11.7. The Morgan fingerprint density at radius 2 is 1.67 bits per heavy atom. The summed E-state index contributed by atoms with van der Waals surface area (Å²) in [5.74, 6) is 0. The van der Waals surface area contributed by atoms with Crippen LogP contribution in [0.25, 0.3) is 0 Å². The molecule has 0 heterocycles. The minimum Gasteiger partial charge on any atom is -0.364 e. The number of aliphatic hydroxyl groups excluding tert-OH is 1. The number of phosphoric acid groups is 1. The van der Waals surface area contributed by atoms with Crippen molar-refractivity contribution in [2.24, 2.45) is 0 Å². The van der Waals surface area contributed by atoms with Gasteiger partial charge >= 0.3 is 7.82 Å². The van der Waals surface area contributed by atoms with Crippen molar-refractivity contribution in [1.29, 1.82) is 0 Å². The number of rotatable bonds is 6. The monoisotopic (exact) mass is 300 g/mol. The summed E-state index contributed by atoms with van der Waals surface area (Å²) >= 11 is 15.9. The Bertz CT molecular complexity index is 221. The summed E-state index contributed by atoms with van der Waals surface area (Å²) in [6.07, 6.45) is -1.90. The van der Waals surface area contributed by atoms with E-state index in [-0.39, 0.29) is 13.2 Å². The maximum Gasteiger partial charge on any atom is 0.477 e. The van der Waals surface area contributed by atoms with Crippen molar-refractivity contribution < 1.29 is 23.2 Å². The molecule has 15 heavy (non-hydrogen) atoms. The van der Waals surface area contributed by atoms with Gasteiger partial charge < -0.3 is 5.11 Å². The van der Waals surface area contributed by atoms with Crippen LogP contribution in [0.4, 0.5) is 0 Å². The Labute approximate surface area is 103 Å². The minimum absolute atomic E-state index is 0.0733. The molecule has 0 aliphatic carbocycles. The molecule has 0 saturated heterocycles. The average molecular weight is 301 g/mol. The van der Waals surface area contributed by atoms with Crippen molar-refractivity contribution in [2.45, 2.75) is 23.9 Å². The second kappa shape index (κ2) is 6.62. The molecule has 0 spiro atoms. The zero-order valence-corrected chi connectivity index (χ0v) is 11.3. The first-order valence-electron chi connectivity index (χ1n) is 4.07. The van der Waals surface area contributed by atoms with Crippen LogP contribution >= 0.6 is 42.6 Å². The number of hydrogen-bond acceptors (Lipinski definition) is 5. The molecule has 0 aromatic rings. The van der Waals surface area contributed by atoms with Crippen molar-refractivity contribution in [3.63, 3.8) is 0 Å². The van der Waals surface area contributed by atoms with Crippen molar-refractivity contribution >= 4 is 42.6 Å². The molecule has 0 aromatic carbocycles. The molecule has 0 rings (SSSR count). The lowest BCUT2D eigenvalue weighted by Crippen LogP contribution is -2.27. The molecule has 5 nitrogen and oxygen atoms in total. The lowest BCUT2D eigenvalue weighted by atomic mass is 10.8. The molecule has 92 valence electrons. The van der Waals surface area contributed by atoms with Crippen LogP contribution in [0.5, 0.6) is 0 Å². The second-order valence-electron chi connectivity index (χ2n) is 2.28. The van der Waals surface area contributed by atoms with Crippen LogP contribution < -0.4 is 0 Å². The van der Waals surface area contributed by atoms with E-state index < -0.39 is 17.9 Å². The Morgan fingerprint density at radius 3 is 1.93 bits per heavy atom. The van der Waals surface area contributed by atoms with E-state index in [0.717, 1.165) is 0 Å². The molecule has 0 saturated carbocycles. The highest BCUT2D eigenvalue weighted by atomic mass is 35.6. The molecule has 0 fully saturated rings. The van der Waals surface area contributed by atoms with Crippen LogP contribution in [0.15, 0.2) is 0 Å². The van der Waals surface area contributed by atoms with E-state index in [2.05, 4.69) is 4.52 Å². The topological polar surface area (TPSA) is 65.0 Å². The zero-order chi connectivity index (χ0) is 12.1. The predicted octanol–water partition coefficient (Wildman–Crippen LogP) is 2.87. The van der Waals surface area contributed by atoms with E-state index >= 15 is 0 Å². The number of halogens is 3. The van der Waals surface area contributed by atoms with E-state index in [1.807, 2.05) is 0 Å². The van der Waals surface area contributed by atoms with Crippen LogP contribution in [0.3, 0.4) is 0 Å². The summed E-state index contributed by atoms with van der Waals surface area (Å²) in [6.45, 7) is 3.31. The number of hydrogen-bond donors (Lipinski definition) is 1. The van der Waals surface area contributed by atoms with E-state index in [9.17, 15) is 9.67 Å². The SMILES string of the molecule is CCOP(=O)(OCC)O[C@H](O)C(Cl)(Cl)Cl. The van der Waals surface area contributed by atoms with Crippen LogP contribution in [-0.4, -0.2) is 28.4 Å². The molecule has 0 aliphatic rings. The van der Waals surface area contributed by atoms with Gasteiger partial charge in [-0.3, -0.25) is 13.6 Å². The largest absolute Gasteiger partial charge is 0.477 e. The molecule has 9 heteroatoms. The van der Waals surface area contributed by atoms with Crippen molar-refractivity contribution in [3.8, 4) is 0 Å². The number of phosphoric ester groups is 1. The van der Waals surface area contributed by atoms with Gasteiger partial charge in [-0.2, -0.15) is 0 Å². The summed E-state index contributed by atoms with van der Waals surface area (Å²) in [5, 5.41) is 9.22. The number of aliphatic hydroxyl groups is 1. The normalized spacial score (nSPS) is 15.3. The summed E-state index contributed by atoms with van der Waals surface area (Å²) < 4.78 is 23.5. The first kappa shape index (κ1) is 15.9. The third-order valence-electron chi connectivity index (χ3n) is 1.08. The van der Waals surface area contributed by atoms with Crippen molar-refractivity contribution in [3.05, 3.63) is 0 Å². The van der Waals surface area contributed by atoms with Gasteiger partial charge in [0, 0.05) is 0 Å². The van der Waals surface area contributed by atoms with E-state index in [4.69, 9.17) is 43.9 Å². The van der Waals surface area contributed by atoms with E-state index in [1.54, 1.807) is 13.8 Å². The van der Waals surface area contributed by atoms with Crippen LogP contribution in [0, 0.1) is 0 Å². The Morgan fingerprint density at radius 1 is 1.27 bits per heavy atom. The lowest BCUT2D eigenvalue weighted by molar-refractivity contribution is -0.0438. The molecular weight excluding hydrogens is 289 g/mol. The van der Waals surface area contributed by atoms with Gasteiger partial charge in [0.15, 0.2) is 0 Å². The molecule has 0 unspecified atom stereocenters. The molecule has 0 aromatic heterocycles. The quantitative estimate of drug-likeness (QED) is 0.464. The van der Waals surface area contributed by atoms with Gasteiger partial charge in [-0.05, 0) is 13.8 Å².